The summed E-state index contributed by atoms with van der Waals surface area (Å²) in [6, 6.07) is 0. The molecule has 1 saturated heterocycles. The minimum atomic E-state index is -1.50. The number of imidazole rings is 1. The Hall–Kier alpha value is -2.54. The Balaban J connectivity index is 0.000000696. The van der Waals surface area contributed by atoms with Crippen LogP contribution in [0.2, 0.25) is 0 Å². The third kappa shape index (κ3) is 8.72. The summed E-state index contributed by atoms with van der Waals surface area (Å²) in [5, 5.41) is 16.2. The monoisotopic (exact) mass is 467 g/mol. The topological polar surface area (TPSA) is 175 Å². The summed E-state index contributed by atoms with van der Waals surface area (Å²) < 4.78 is 13.6. The molecule has 0 saturated carbocycles. The van der Waals surface area contributed by atoms with E-state index in [-0.39, 0.29) is 18.4 Å². The largest absolute Gasteiger partial charge is 0.444 e. The molecule has 186 valence electrons. The molecule has 2 aromatic heterocycles. The van der Waals surface area contributed by atoms with Crippen molar-refractivity contribution in [1.82, 2.24) is 24.4 Å². The first-order valence-corrected chi connectivity index (χ1v) is 11.0. The van der Waals surface area contributed by atoms with E-state index in [0.717, 1.165) is 12.8 Å². The van der Waals surface area contributed by atoms with E-state index in [0.29, 0.717) is 43.0 Å². The van der Waals surface area contributed by atoms with Crippen LogP contribution in [0.5, 0.6) is 0 Å². The molecule has 33 heavy (non-hydrogen) atoms. The van der Waals surface area contributed by atoms with E-state index in [1.54, 1.807) is 11.2 Å². The molecule has 0 aliphatic carbocycles. The number of rotatable bonds is 6. The number of hydrogen-bond acceptors (Lipinski definition) is 10. The fourth-order valence-corrected chi connectivity index (χ4v) is 3.22. The van der Waals surface area contributed by atoms with Crippen LogP contribution in [0.4, 0.5) is 10.6 Å². The highest BCUT2D eigenvalue weighted by molar-refractivity contribution is 5.81. The third-order valence-electron chi connectivity index (χ3n) is 4.49. The van der Waals surface area contributed by atoms with Crippen molar-refractivity contribution in [2.75, 3.05) is 25.4 Å². The van der Waals surface area contributed by atoms with Gasteiger partial charge in [-0.15, -0.1) is 0 Å². The van der Waals surface area contributed by atoms with Gasteiger partial charge in [0.1, 0.15) is 23.7 Å². The maximum Gasteiger partial charge on any atom is 0.410 e. The number of amides is 1. The molecule has 1 aliphatic heterocycles. The molecule has 6 N–H and O–H groups in total. The maximum absolute atomic E-state index is 12.5. The number of carbonyl (C=O) groups is 1. The van der Waals surface area contributed by atoms with Crippen molar-refractivity contribution in [2.24, 2.45) is 5.73 Å². The Kier molecular flexibility index (Phi) is 8.95. The lowest BCUT2D eigenvalue weighted by Gasteiger charge is -2.29. The van der Waals surface area contributed by atoms with E-state index in [9.17, 15) is 4.79 Å². The first-order chi connectivity index (χ1) is 15.3. The number of fused-ring (bicyclic) bond motifs is 1. The molecule has 2 unspecified atom stereocenters. The van der Waals surface area contributed by atoms with E-state index >= 15 is 0 Å². The number of nitrogens with zero attached hydrogens (tertiary/aromatic N) is 5. The predicted octanol–water partition coefficient (Wildman–Crippen LogP) is 1.38. The van der Waals surface area contributed by atoms with Gasteiger partial charge < -0.3 is 36.1 Å². The highest BCUT2D eigenvalue weighted by atomic mass is 16.6. The molecule has 1 fully saturated rings. The van der Waals surface area contributed by atoms with Gasteiger partial charge in [0.15, 0.2) is 17.3 Å². The van der Waals surface area contributed by atoms with Gasteiger partial charge in [0.25, 0.3) is 0 Å². The van der Waals surface area contributed by atoms with Crippen LogP contribution in [0.15, 0.2) is 12.7 Å². The summed E-state index contributed by atoms with van der Waals surface area (Å²) in [6.07, 6.45) is 4.74. The predicted molar refractivity (Wildman–Crippen MR) is 123 cm³/mol. The molecule has 1 amide bonds. The average Bonchev–Trinajstić information content (AvgIpc) is 3.29. The van der Waals surface area contributed by atoms with Gasteiger partial charge in [-0.3, -0.25) is 4.57 Å². The standard InChI is InChI=1S/C18H29N7O3.C3H8O2/c1-18(2,3)28-17(26)24(8-4-7-19)9-12-5-6-13(27-12)25-11-23-14-15(20)21-10-22-16(14)25;1-3(2,4)5/h10-13H,4-9,19H2,1-3H3,(H2,20,21,22);4-5H,1-2H3. The van der Waals surface area contributed by atoms with Crippen molar-refractivity contribution in [3.8, 4) is 0 Å². The summed E-state index contributed by atoms with van der Waals surface area (Å²) >= 11 is 0. The fraction of sp³-hybridized carbons (Fsp3) is 0.714. The number of nitrogen functional groups attached to an aromatic ring is 1. The molecule has 0 radical (unpaired) electrons. The van der Waals surface area contributed by atoms with Gasteiger partial charge in [0.05, 0.1) is 19.0 Å². The Bertz CT molecular complexity index is 901. The third-order valence-corrected chi connectivity index (χ3v) is 4.49. The second-order valence-electron chi connectivity index (χ2n) is 9.44. The smallest absolute Gasteiger partial charge is 0.410 e. The van der Waals surface area contributed by atoms with Gasteiger partial charge in [-0.05, 0) is 60.4 Å². The molecule has 12 heteroatoms. The summed E-state index contributed by atoms with van der Waals surface area (Å²) in [7, 11) is 0. The summed E-state index contributed by atoms with van der Waals surface area (Å²) in [5.41, 5.74) is 12.1. The molecule has 3 rings (SSSR count). The summed E-state index contributed by atoms with van der Waals surface area (Å²) in [6.45, 7) is 9.65. The number of aromatic nitrogens is 4. The zero-order valence-electron chi connectivity index (χ0n) is 20.1. The van der Waals surface area contributed by atoms with Crippen LogP contribution in [0.3, 0.4) is 0 Å². The van der Waals surface area contributed by atoms with Gasteiger partial charge in [-0.2, -0.15) is 0 Å². The average molecular weight is 468 g/mol. The van der Waals surface area contributed by atoms with Gasteiger partial charge in [-0.25, -0.2) is 19.7 Å². The number of aliphatic hydroxyl groups is 2. The van der Waals surface area contributed by atoms with Gasteiger partial charge >= 0.3 is 6.09 Å². The molecule has 0 bridgehead atoms. The van der Waals surface area contributed by atoms with Crippen LogP contribution in [0.25, 0.3) is 11.2 Å². The van der Waals surface area contributed by atoms with Crippen LogP contribution in [-0.4, -0.2) is 77.9 Å². The number of nitrogens with two attached hydrogens (primary N) is 2. The molecule has 1 aliphatic rings. The second-order valence-corrected chi connectivity index (χ2v) is 9.44. The van der Waals surface area contributed by atoms with E-state index in [4.69, 9.17) is 31.2 Å². The lowest BCUT2D eigenvalue weighted by molar-refractivity contribution is -0.127. The highest BCUT2D eigenvalue weighted by Gasteiger charge is 2.32. The van der Waals surface area contributed by atoms with Gasteiger partial charge in [-0.1, -0.05) is 0 Å². The SMILES string of the molecule is CC(C)(C)OC(=O)N(CCCN)CC1CCC(n2cnc3c(N)ncnc32)O1.CC(C)(O)O. The number of anilines is 1. The first kappa shape index (κ1) is 26.7. The quantitative estimate of drug-likeness (QED) is 0.454. The Morgan fingerprint density at radius 3 is 2.52 bits per heavy atom. The second kappa shape index (κ2) is 11.1. The van der Waals surface area contributed by atoms with Gasteiger partial charge in [0, 0.05) is 6.54 Å². The minimum Gasteiger partial charge on any atom is -0.444 e. The molecular formula is C21H37N7O5. The zero-order chi connectivity index (χ0) is 24.8. The molecule has 12 nitrogen and oxygen atoms in total. The van der Waals surface area contributed by atoms with Crippen LogP contribution in [0.1, 0.15) is 60.1 Å². The lowest BCUT2D eigenvalue weighted by Crippen LogP contribution is -2.42. The molecular weight excluding hydrogens is 430 g/mol. The molecule has 2 atom stereocenters. The maximum atomic E-state index is 12.5. The van der Waals surface area contributed by atoms with Crippen LogP contribution >= 0.6 is 0 Å². The normalized spacial score (nSPS) is 18.7. The van der Waals surface area contributed by atoms with E-state index in [1.165, 1.54) is 20.2 Å². The van der Waals surface area contributed by atoms with Crippen molar-refractivity contribution in [2.45, 2.75) is 77.6 Å². The highest BCUT2D eigenvalue weighted by Crippen LogP contribution is 2.31. The molecule has 0 spiro atoms. The van der Waals surface area contributed by atoms with E-state index < -0.39 is 11.4 Å². The van der Waals surface area contributed by atoms with E-state index in [2.05, 4.69) is 15.0 Å². The number of ether oxygens (including phenoxy) is 2. The first-order valence-electron chi connectivity index (χ1n) is 11.0. The van der Waals surface area contributed by atoms with Crippen LogP contribution < -0.4 is 11.5 Å². The van der Waals surface area contributed by atoms with E-state index in [1.807, 2.05) is 25.3 Å². The Labute approximate surface area is 193 Å². The lowest BCUT2D eigenvalue weighted by atomic mass is 10.2. The van der Waals surface area contributed by atoms with Crippen LogP contribution in [0, 0.1) is 0 Å². The van der Waals surface area contributed by atoms with Crippen LogP contribution in [-0.2, 0) is 9.47 Å². The van der Waals surface area contributed by atoms with Crippen molar-refractivity contribution < 1.29 is 24.5 Å². The zero-order valence-corrected chi connectivity index (χ0v) is 20.1. The summed E-state index contributed by atoms with van der Waals surface area (Å²) in [5.74, 6) is -1.16. The minimum absolute atomic E-state index is 0.105. The molecule has 0 aromatic carbocycles. The molecule has 3 heterocycles. The van der Waals surface area contributed by atoms with Crippen molar-refractivity contribution in [3.05, 3.63) is 12.7 Å². The Morgan fingerprint density at radius 2 is 1.91 bits per heavy atom. The van der Waals surface area contributed by atoms with Crippen molar-refractivity contribution in [3.63, 3.8) is 0 Å². The number of carbonyl (C=O) groups excluding carboxylic acids is 1. The van der Waals surface area contributed by atoms with Crippen molar-refractivity contribution >= 4 is 23.1 Å². The summed E-state index contributed by atoms with van der Waals surface area (Å²) in [4.78, 5) is 26.7. The fourth-order valence-electron chi connectivity index (χ4n) is 3.22. The van der Waals surface area contributed by atoms with Crippen molar-refractivity contribution in [1.29, 1.82) is 0 Å². The Morgan fingerprint density at radius 1 is 1.24 bits per heavy atom. The van der Waals surface area contributed by atoms with Gasteiger partial charge in [0.2, 0.25) is 0 Å². The number of hydrogen-bond donors (Lipinski definition) is 4. The molecule has 2 aromatic rings.